The van der Waals surface area contributed by atoms with E-state index in [-0.39, 0.29) is 11.7 Å². The second-order valence-corrected chi connectivity index (χ2v) is 8.60. The van der Waals surface area contributed by atoms with Crippen LogP contribution in [0.5, 0.6) is 0 Å². The van der Waals surface area contributed by atoms with Gasteiger partial charge in [-0.15, -0.1) is 11.3 Å². The van der Waals surface area contributed by atoms with Crippen molar-refractivity contribution in [3.63, 3.8) is 0 Å². The smallest absolute Gasteiger partial charge is 0.327 e. The van der Waals surface area contributed by atoms with E-state index in [1.807, 2.05) is 42.2 Å². The second kappa shape index (κ2) is 9.58. The van der Waals surface area contributed by atoms with E-state index < -0.39 is 12.0 Å². The molecule has 0 unspecified atom stereocenters. The zero-order valence-electron chi connectivity index (χ0n) is 18.0. The maximum Gasteiger partial charge on any atom is 0.327 e. The molecule has 0 radical (unpaired) electrons. The summed E-state index contributed by atoms with van der Waals surface area (Å²) >= 11 is 1.40. The lowest BCUT2D eigenvalue weighted by atomic mass is 10.0. The van der Waals surface area contributed by atoms with Gasteiger partial charge in [0.15, 0.2) is 0 Å². The Labute approximate surface area is 190 Å². The van der Waals surface area contributed by atoms with E-state index in [4.69, 9.17) is 4.74 Å². The van der Waals surface area contributed by atoms with Crippen molar-refractivity contribution in [1.82, 2.24) is 14.8 Å². The van der Waals surface area contributed by atoms with Gasteiger partial charge in [0, 0.05) is 31.7 Å². The topological polar surface area (TPSA) is 62.7 Å². The van der Waals surface area contributed by atoms with Gasteiger partial charge in [-0.1, -0.05) is 42.5 Å². The summed E-state index contributed by atoms with van der Waals surface area (Å²) in [4.78, 5) is 34.7. The summed E-state index contributed by atoms with van der Waals surface area (Å²) in [5, 5.41) is 0.826. The fraction of sp³-hybridized carbons (Fsp3) is 0.292. The van der Waals surface area contributed by atoms with Gasteiger partial charge in [0.1, 0.15) is 21.7 Å². The van der Waals surface area contributed by atoms with Gasteiger partial charge in [-0.05, 0) is 24.6 Å². The highest BCUT2D eigenvalue weighted by Gasteiger charge is 2.33. The highest BCUT2D eigenvalue weighted by atomic mass is 32.1. The first-order valence-electron chi connectivity index (χ1n) is 10.4. The predicted octanol–water partition coefficient (Wildman–Crippen LogP) is 3.93. The summed E-state index contributed by atoms with van der Waals surface area (Å²) in [5.74, 6) is -0.803. The molecule has 0 N–H and O–H groups in total. The van der Waals surface area contributed by atoms with Gasteiger partial charge in [0.05, 0.1) is 12.8 Å². The molecule has 0 spiro atoms. The van der Waals surface area contributed by atoms with E-state index in [0.29, 0.717) is 36.6 Å². The van der Waals surface area contributed by atoms with Gasteiger partial charge < -0.3 is 9.64 Å². The normalized spacial score (nSPS) is 15.4. The summed E-state index contributed by atoms with van der Waals surface area (Å²) in [7, 11) is 1.34. The lowest BCUT2D eigenvalue weighted by Crippen LogP contribution is -2.51. The Balaban J connectivity index is 1.47. The first-order valence-corrected chi connectivity index (χ1v) is 11.2. The highest BCUT2D eigenvalue weighted by Crippen LogP contribution is 2.30. The minimum atomic E-state index is -0.632. The van der Waals surface area contributed by atoms with E-state index in [9.17, 15) is 14.0 Å². The molecule has 2 heterocycles. The van der Waals surface area contributed by atoms with Crippen LogP contribution < -0.4 is 0 Å². The van der Waals surface area contributed by atoms with Crippen LogP contribution in [-0.2, 0) is 9.53 Å². The molecule has 8 heteroatoms. The largest absolute Gasteiger partial charge is 0.468 e. The molecule has 3 aromatic rings. The Morgan fingerprint density at radius 3 is 2.31 bits per heavy atom. The SMILES string of the molecule is COC(=O)[C@H](c1ccc(F)cc1)N1CCN(C(=O)c2sc(-c3ccccc3)nc2C)CC1. The van der Waals surface area contributed by atoms with Crippen molar-refractivity contribution in [3.8, 4) is 10.6 Å². The van der Waals surface area contributed by atoms with Crippen molar-refractivity contribution in [2.24, 2.45) is 0 Å². The number of carbonyl (C=O) groups excluding carboxylic acids is 2. The zero-order chi connectivity index (χ0) is 22.7. The van der Waals surface area contributed by atoms with Crippen LogP contribution in [0.15, 0.2) is 54.6 Å². The van der Waals surface area contributed by atoms with Crippen LogP contribution in [0.2, 0.25) is 0 Å². The molecule has 32 heavy (non-hydrogen) atoms. The number of hydrogen-bond acceptors (Lipinski definition) is 6. The molecule has 0 aliphatic carbocycles. The summed E-state index contributed by atoms with van der Waals surface area (Å²) in [5.41, 5.74) is 2.38. The molecule has 2 aromatic carbocycles. The van der Waals surface area contributed by atoms with E-state index in [0.717, 1.165) is 16.3 Å². The van der Waals surface area contributed by atoms with Gasteiger partial charge in [-0.25, -0.2) is 14.2 Å². The quantitative estimate of drug-likeness (QED) is 0.548. The van der Waals surface area contributed by atoms with Gasteiger partial charge in [-0.3, -0.25) is 9.69 Å². The fourth-order valence-corrected chi connectivity index (χ4v) is 4.92. The number of methoxy groups -OCH3 is 1. The first kappa shape index (κ1) is 22.1. The summed E-state index contributed by atoms with van der Waals surface area (Å²) in [6.07, 6.45) is 0. The summed E-state index contributed by atoms with van der Waals surface area (Å²) in [6.45, 7) is 3.82. The second-order valence-electron chi connectivity index (χ2n) is 7.60. The van der Waals surface area contributed by atoms with Crippen LogP contribution in [0.25, 0.3) is 10.6 Å². The maximum atomic E-state index is 13.3. The minimum Gasteiger partial charge on any atom is -0.468 e. The third kappa shape index (κ3) is 4.56. The number of aryl methyl sites for hydroxylation is 1. The number of benzene rings is 2. The molecule has 1 saturated heterocycles. The molecular weight excluding hydrogens is 429 g/mol. The van der Waals surface area contributed by atoms with E-state index >= 15 is 0 Å². The number of ether oxygens (including phenoxy) is 1. The minimum absolute atomic E-state index is 0.0433. The van der Waals surface area contributed by atoms with Crippen LogP contribution in [0.3, 0.4) is 0 Å². The molecule has 1 atom stereocenters. The van der Waals surface area contributed by atoms with Crippen molar-refractivity contribution in [3.05, 3.63) is 76.5 Å². The maximum absolute atomic E-state index is 13.3. The summed E-state index contributed by atoms with van der Waals surface area (Å²) in [6, 6.07) is 15.0. The standard InChI is InChI=1S/C24H24FN3O3S/c1-16-21(32-22(26-16)18-6-4-3-5-7-18)23(29)28-14-12-27(13-15-28)20(24(30)31-2)17-8-10-19(25)11-9-17/h3-11,20H,12-15H2,1-2H3/t20-/m0/s1. The van der Waals surface area contributed by atoms with Crippen LogP contribution in [0, 0.1) is 12.7 Å². The Morgan fingerprint density at radius 1 is 1.03 bits per heavy atom. The molecular formula is C24H24FN3O3S. The van der Waals surface area contributed by atoms with Crippen molar-refractivity contribution in [2.45, 2.75) is 13.0 Å². The van der Waals surface area contributed by atoms with Crippen LogP contribution >= 0.6 is 11.3 Å². The van der Waals surface area contributed by atoms with Crippen molar-refractivity contribution in [1.29, 1.82) is 0 Å². The Bertz CT molecular complexity index is 1090. The van der Waals surface area contributed by atoms with Crippen molar-refractivity contribution >= 4 is 23.2 Å². The predicted molar refractivity (Wildman–Crippen MR) is 121 cm³/mol. The molecule has 0 saturated carbocycles. The molecule has 1 amide bonds. The van der Waals surface area contributed by atoms with Crippen LogP contribution in [-0.4, -0.2) is 59.9 Å². The van der Waals surface area contributed by atoms with Crippen LogP contribution in [0.4, 0.5) is 4.39 Å². The lowest BCUT2D eigenvalue weighted by molar-refractivity contribution is -0.148. The fourth-order valence-electron chi connectivity index (χ4n) is 3.88. The number of amides is 1. The number of rotatable bonds is 5. The van der Waals surface area contributed by atoms with Crippen molar-refractivity contribution < 1.29 is 18.7 Å². The van der Waals surface area contributed by atoms with Gasteiger partial charge in [0.2, 0.25) is 0 Å². The molecule has 0 bridgehead atoms. The molecule has 4 rings (SSSR count). The molecule has 6 nitrogen and oxygen atoms in total. The number of nitrogens with zero attached hydrogens (tertiary/aromatic N) is 3. The molecule has 1 aliphatic heterocycles. The monoisotopic (exact) mass is 453 g/mol. The highest BCUT2D eigenvalue weighted by molar-refractivity contribution is 7.17. The van der Waals surface area contributed by atoms with Gasteiger partial charge in [-0.2, -0.15) is 0 Å². The third-order valence-electron chi connectivity index (χ3n) is 5.59. The molecule has 1 aromatic heterocycles. The Hall–Kier alpha value is -3.10. The number of hydrogen-bond donors (Lipinski definition) is 0. The number of thiazole rings is 1. The molecule has 1 aliphatic rings. The van der Waals surface area contributed by atoms with E-state index in [1.165, 1.54) is 30.6 Å². The third-order valence-corrected chi connectivity index (χ3v) is 6.78. The van der Waals surface area contributed by atoms with E-state index in [1.54, 1.807) is 17.0 Å². The lowest BCUT2D eigenvalue weighted by Gasteiger charge is -2.38. The zero-order valence-corrected chi connectivity index (χ0v) is 18.8. The Kier molecular flexibility index (Phi) is 6.62. The number of esters is 1. The average molecular weight is 454 g/mol. The number of carbonyl (C=O) groups is 2. The van der Waals surface area contributed by atoms with E-state index in [2.05, 4.69) is 4.98 Å². The molecule has 166 valence electrons. The average Bonchev–Trinajstić information content (AvgIpc) is 3.22. The van der Waals surface area contributed by atoms with Gasteiger partial charge in [0.25, 0.3) is 5.91 Å². The number of aromatic nitrogens is 1. The van der Waals surface area contributed by atoms with Crippen molar-refractivity contribution in [2.75, 3.05) is 33.3 Å². The first-order chi connectivity index (χ1) is 15.5. The summed E-state index contributed by atoms with van der Waals surface area (Å²) < 4.78 is 18.3. The van der Waals surface area contributed by atoms with Crippen LogP contribution in [0.1, 0.15) is 27.0 Å². The Morgan fingerprint density at radius 2 is 1.69 bits per heavy atom. The number of piperazine rings is 1. The van der Waals surface area contributed by atoms with Gasteiger partial charge >= 0.3 is 5.97 Å². The number of halogens is 1. The molecule has 1 fully saturated rings.